The Labute approximate surface area is 137 Å². The third-order valence-electron chi connectivity index (χ3n) is 3.57. The van der Waals surface area contributed by atoms with Crippen LogP contribution >= 0.6 is 0 Å². The Balaban J connectivity index is 1.92. The van der Waals surface area contributed by atoms with Gasteiger partial charge in [-0.3, -0.25) is 4.79 Å². The fraction of sp³-hybridized carbons (Fsp3) is 0.316. The van der Waals surface area contributed by atoms with Crippen LogP contribution in [0.25, 0.3) is 0 Å². The van der Waals surface area contributed by atoms with E-state index in [0.717, 1.165) is 33.9 Å². The summed E-state index contributed by atoms with van der Waals surface area (Å²) in [6, 6.07) is 11.3. The maximum Gasteiger partial charge on any atom is 0.262 e. The number of anilines is 1. The summed E-state index contributed by atoms with van der Waals surface area (Å²) in [5, 5.41) is 2.81. The van der Waals surface area contributed by atoms with E-state index in [1.807, 2.05) is 58.0 Å². The number of ether oxygens (including phenoxy) is 2. The van der Waals surface area contributed by atoms with Crippen molar-refractivity contribution in [3.8, 4) is 11.5 Å². The number of carbonyl (C=O) groups excluding carboxylic acids is 1. The van der Waals surface area contributed by atoms with Gasteiger partial charge >= 0.3 is 0 Å². The summed E-state index contributed by atoms with van der Waals surface area (Å²) < 4.78 is 11.0. The number of nitrogens with one attached hydrogen (secondary N) is 1. The van der Waals surface area contributed by atoms with Crippen molar-refractivity contribution in [3.63, 3.8) is 0 Å². The highest BCUT2D eigenvalue weighted by Crippen LogP contribution is 2.23. The molecule has 0 heterocycles. The summed E-state index contributed by atoms with van der Waals surface area (Å²) in [5.74, 6) is 1.35. The Morgan fingerprint density at radius 3 is 2.39 bits per heavy atom. The van der Waals surface area contributed by atoms with Crippen molar-refractivity contribution >= 4 is 11.6 Å². The molecule has 2 aromatic carbocycles. The van der Waals surface area contributed by atoms with Crippen molar-refractivity contribution in [1.29, 1.82) is 0 Å². The van der Waals surface area contributed by atoms with E-state index in [9.17, 15) is 4.79 Å². The van der Waals surface area contributed by atoms with Gasteiger partial charge in [0.15, 0.2) is 6.61 Å². The second kappa shape index (κ2) is 7.68. The maximum atomic E-state index is 12.0. The average molecular weight is 313 g/mol. The summed E-state index contributed by atoms with van der Waals surface area (Å²) in [5.41, 5.74) is 4.06. The van der Waals surface area contributed by atoms with E-state index in [4.69, 9.17) is 9.47 Å². The Kier molecular flexibility index (Phi) is 5.63. The van der Waals surface area contributed by atoms with E-state index in [-0.39, 0.29) is 12.5 Å². The first-order chi connectivity index (χ1) is 11.0. The zero-order chi connectivity index (χ0) is 16.8. The van der Waals surface area contributed by atoms with Crippen molar-refractivity contribution in [2.45, 2.75) is 27.7 Å². The number of aryl methyl sites for hydroxylation is 2. The standard InChI is InChI=1S/C19H23NO3/c1-5-22-17-8-6-16(7-9-17)20-19(21)12-23-18-11-13(2)10-14(3)15(18)4/h6-11H,5,12H2,1-4H3,(H,20,21). The zero-order valence-electron chi connectivity index (χ0n) is 14.1. The van der Waals surface area contributed by atoms with E-state index < -0.39 is 0 Å². The SMILES string of the molecule is CCOc1ccc(NC(=O)COc2cc(C)cc(C)c2C)cc1. The highest BCUT2D eigenvalue weighted by atomic mass is 16.5. The van der Waals surface area contributed by atoms with Gasteiger partial charge in [-0.25, -0.2) is 0 Å². The molecule has 122 valence electrons. The summed E-state index contributed by atoms with van der Waals surface area (Å²) >= 11 is 0. The van der Waals surface area contributed by atoms with Gasteiger partial charge in [-0.15, -0.1) is 0 Å². The number of carbonyl (C=O) groups is 1. The minimum Gasteiger partial charge on any atom is -0.494 e. The molecular weight excluding hydrogens is 290 g/mol. The lowest BCUT2D eigenvalue weighted by Gasteiger charge is -2.12. The largest absolute Gasteiger partial charge is 0.494 e. The number of hydrogen-bond acceptors (Lipinski definition) is 3. The molecule has 0 fully saturated rings. The normalized spacial score (nSPS) is 10.3. The van der Waals surface area contributed by atoms with Crippen LogP contribution in [0.4, 0.5) is 5.69 Å². The van der Waals surface area contributed by atoms with Crippen LogP contribution in [0.2, 0.25) is 0 Å². The van der Waals surface area contributed by atoms with Crippen LogP contribution < -0.4 is 14.8 Å². The van der Waals surface area contributed by atoms with E-state index in [2.05, 4.69) is 11.4 Å². The number of amides is 1. The molecule has 1 amide bonds. The van der Waals surface area contributed by atoms with E-state index in [0.29, 0.717) is 6.61 Å². The van der Waals surface area contributed by atoms with E-state index >= 15 is 0 Å². The minimum absolute atomic E-state index is 0.0169. The molecule has 0 bridgehead atoms. The van der Waals surface area contributed by atoms with Gasteiger partial charge in [0.1, 0.15) is 11.5 Å². The molecule has 2 aromatic rings. The third kappa shape index (κ3) is 4.74. The molecule has 0 saturated heterocycles. The summed E-state index contributed by atoms with van der Waals surface area (Å²) in [7, 11) is 0. The summed E-state index contributed by atoms with van der Waals surface area (Å²) in [6.45, 7) is 8.58. The number of hydrogen-bond donors (Lipinski definition) is 1. The highest BCUT2D eigenvalue weighted by Gasteiger charge is 2.08. The van der Waals surface area contributed by atoms with Crippen LogP contribution in [0.3, 0.4) is 0 Å². The molecule has 0 atom stereocenters. The molecule has 4 heteroatoms. The highest BCUT2D eigenvalue weighted by molar-refractivity contribution is 5.91. The van der Waals surface area contributed by atoms with E-state index in [1.54, 1.807) is 0 Å². The van der Waals surface area contributed by atoms with Gasteiger partial charge in [0.2, 0.25) is 0 Å². The quantitative estimate of drug-likeness (QED) is 0.876. The Morgan fingerprint density at radius 2 is 1.74 bits per heavy atom. The first kappa shape index (κ1) is 16.9. The van der Waals surface area contributed by atoms with Crippen molar-refractivity contribution < 1.29 is 14.3 Å². The van der Waals surface area contributed by atoms with Crippen LogP contribution in [0, 0.1) is 20.8 Å². The molecule has 0 unspecified atom stereocenters. The maximum absolute atomic E-state index is 12.0. The summed E-state index contributed by atoms with van der Waals surface area (Å²) in [4.78, 5) is 12.0. The van der Waals surface area contributed by atoms with Gasteiger partial charge in [0.25, 0.3) is 5.91 Å². The molecule has 23 heavy (non-hydrogen) atoms. The lowest BCUT2D eigenvalue weighted by molar-refractivity contribution is -0.118. The second-order valence-electron chi connectivity index (χ2n) is 5.50. The monoisotopic (exact) mass is 313 g/mol. The van der Waals surface area contributed by atoms with Crippen molar-refractivity contribution in [3.05, 3.63) is 53.1 Å². The number of rotatable bonds is 6. The second-order valence-corrected chi connectivity index (χ2v) is 5.50. The van der Waals surface area contributed by atoms with Gasteiger partial charge in [-0.1, -0.05) is 6.07 Å². The van der Waals surface area contributed by atoms with Gasteiger partial charge in [0.05, 0.1) is 6.61 Å². The predicted octanol–water partition coefficient (Wildman–Crippen LogP) is 4.03. The number of benzene rings is 2. The smallest absolute Gasteiger partial charge is 0.262 e. The van der Waals surface area contributed by atoms with Gasteiger partial charge in [0, 0.05) is 5.69 Å². The van der Waals surface area contributed by atoms with Crippen LogP contribution in [-0.4, -0.2) is 19.1 Å². The van der Waals surface area contributed by atoms with Gasteiger partial charge in [-0.05, 0) is 74.7 Å². The van der Waals surface area contributed by atoms with E-state index in [1.165, 1.54) is 0 Å². The molecule has 0 radical (unpaired) electrons. The molecule has 0 spiro atoms. The average Bonchev–Trinajstić information content (AvgIpc) is 2.51. The predicted molar refractivity (Wildman–Crippen MR) is 92.4 cm³/mol. The summed E-state index contributed by atoms with van der Waals surface area (Å²) in [6.07, 6.45) is 0. The van der Waals surface area contributed by atoms with Crippen molar-refractivity contribution in [1.82, 2.24) is 0 Å². The Bertz CT molecular complexity index is 678. The van der Waals surface area contributed by atoms with Crippen LogP contribution in [-0.2, 0) is 4.79 Å². The molecule has 0 aromatic heterocycles. The van der Waals surface area contributed by atoms with Crippen molar-refractivity contribution in [2.24, 2.45) is 0 Å². The lowest BCUT2D eigenvalue weighted by Crippen LogP contribution is -2.20. The zero-order valence-corrected chi connectivity index (χ0v) is 14.1. The molecule has 1 N–H and O–H groups in total. The minimum atomic E-state index is -0.187. The third-order valence-corrected chi connectivity index (χ3v) is 3.57. The topological polar surface area (TPSA) is 47.6 Å². The fourth-order valence-electron chi connectivity index (χ4n) is 2.29. The lowest BCUT2D eigenvalue weighted by atomic mass is 10.1. The Hall–Kier alpha value is -2.49. The molecular formula is C19H23NO3. The van der Waals surface area contributed by atoms with Crippen molar-refractivity contribution in [2.75, 3.05) is 18.5 Å². The van der Waals surface area contributed by atoms with Crippen LogP contribution in [0.15, 0.2) is 36.4 Å². The van der Waals surface area contributed by atoms with Crippen LogP contribution in [0.5, 0.6) is 11.5 Å². The molecule has 0 saturated carbocycles. The molecule has 0 aliphatic carbocycles. The van der Waals surface area contributed by atoms with Gasteiger partial charge < -0.3 is 14.8 Å². The van der Waals surface area contributed by atoms with Crippen LogP contribution in [0.1, 0.15) is 23.6 Å². The molecule has 0 aliphatic heterocycles. The molecule has 4 nitrogen and oxygen atoms in total. The fourth-order valence-corrected chi connectivity index (χ4v) is 2.29. The molecule has 0 aliphatic rings. The first-order valence-corrected chi connectivity index (χ1v) is 7.73. The molecule has 2 rings (SSSR count). The van der Waals surface area contributed by atoms with Gasteiger partial charge in [-0.2, -0.15) is 0 Å². The Morgan fingerprint density at radius 1 is 1.04 bits per heavy atom. The first-order valence-electron chi connectivity index (χ1n) is 7.73.